The number of hydrogen-bond acceptors (Lipinski definition) is 5. The molecule has 0 aliphatic heterocycles. The van der Waals surface area contributed by atoms with Crippen LogP contribution >= 0.6 is 0 Å². The first-order chi connectivity index (χ1) is 10.7. The van der Waals surface area contributed by atoms with Gasteiger partial charge in [-0.1, -0.05) is 0 Å². The number of rotatable bonds is 6. The van der Waals surface area contributed by atoms with Crippen LogP contribution in [0, 0.1) is 12.8 Å². The fourth-order valence-corrected chi connectivity index (χ4v) is 2.37. The predicted octanol–water partition coefficient (Wildman–Crippen LogP) is 2.49. The molecule has 1 atom stereocenters. The number of aryl methyl sites for hydroxylation is 1. The molecule has 6 heteroatoms. The summed E-state index contributed by atoms with van der Waals surface area (Å²) in [6.07, 6.45) is 1.86. The Morgan fingerprint density at radius 3 is 2.74 bits per heavy atom. The van der Waals surface area contributed by atoms with E-state index < -0.39 is 5.60 Å². The van der Waals surface area contributed by atoms with Crippen LogP contribution in [0.1, 0.15) is 45.0 Å². The second-order valence-electron chi connectivity index (χ2n) is 7.14. The lowest BCUT2D eigenvalue weighted by atomic mass is 10.2. The first-order valence-corrected chi connectivity index (χ1v) is 8.10. The van der Waals surface area contributed by atoms with Gasteiger partial charge in [0.25, 0.3) is 0 Å². The number of carbonyl (C=O) groups excluding carboxylic acids is 1. The minimum absolute atomic E-state index is 0.0387. The van der Waals surface area contributed by atoms with Crippen molar-refractivity contribution in [2.24, 2.45) is 5.92 Å². The number of pyridine rings is 1. The third-order valence-electron chi connectivity index (χ3n) is 3.64. The Morgan fingerprint density at radius 2 is 2.13 bits per heavy atom. The average molecular weight is 321 g/mol. The Hall–Kier alpha value is -1.82. The Balaban J connectivity index is 1.83. The lowest BCUT2D eigenvalue weighted by Gasteiger charge is -2.24. The van der Waals surface area contributed by atoms with Crippen molar-refractivity contribution in [3.05, 3.63) is 23.5 Å². The van der Waals surface area contributed by atoms with Gasteiger partial charge >= 0.3 is 6.09 Å². The fourth-order valence-electron chi connectivity index (χ4n) is 2.37. The Morgan fingerprint density at radius 1 is 1.43 bits per heavy atom. The van der Waals surface area contributed by atoms with Gasteiger partial charge in [0.05, 0.1) is 5.69 Å². The van der Waals surface area contributed by atoms with Gasteiger partial charge in [0, 0.05) is 24.8 Å². The molecule has 6 nitrogen and oxygen atoms in total. The van der Waals surface area contributed by atoms with Gasteiger partial charge in [0.2, 0.25) is 0 Å². The number of aromatic nitrogens is 1. The number of hydrogen-bond donors (Lipinski definition) is 3. The van der Waals surface area contributed by atoms with Crippen LogP contribution in [0.15, 0.2) is 12.1 Å². The van der Waals surface area contributed by atoms with Crippen LogP contribution in [0.2, 0.25) is 0 Å². The summed E-state index contributed by atoms with van der Waals surface area (Å²) in [5, 5.41) is 16.0. The van der Waals surface area contributed by atoms with Crippen LogP contribution < -0.4 is 10.6 Å². The summed E-state index contributed by atoms with van der Waals surface area (Å²) in [5.41, 5.74) is 0.991. The van der Waals surface area contributed by atoms with E-state index in [0.29, 0.717) is 24.7 Å². The summed E-state index contributed by atoms with van der Waals surface area (Å²) in [6.45, 7) is 8.53. The molecule has 128 valence electrons. The van der Waals surface area contributed by atoms with Crippen molar-refractivity contribution in [3.8, 4) is 5.75 Å². The second-order valence-corrected chi connectivity index (χ2v) is 7.14. The zero-order valence-corrected chi connectivity index (χ0v) is 14.3. The fraction of sp³-hybridized carbons (Fsp3) is 0.647. The number of alkyl carbamates (subject to hydrolysis) is 1. The summed E-state index contributed by atoms with van der Waals surface area (Å²) >= 11 is 0. The van der Waals surface area contributed by atoms with Crippen LogP contribution in [0.3, 0.4) is 0 Å². The maximum atomic E-state index is 11.9. The molecule has 2 rings (SSSR count). The van der Waals surface area contributed by atoms with E-state index >= 15 is 0 Å². The third-order valence-corrected chi connectivity index (χ3v) is 3.64. The van der Waals surface area contributed by atoms with Crippen LogP contribution in [0.5, 0.6) is 5.75 Å². The van der Waals surface area contributed by atoms with Crippen molar-refractivity contribution in [1.82, 2.24) is 15.6 Å². The van der Waals surface area contributed by atoms with Gasteiger partial charge in [0.15, 0.2) is 0 Å². The van der Waals surface area contributed by atoms with Crippen LogP contribution in [-0.2, 0) is 11.3 Å². The highest BCUT2D eigenvalue weighted by molar-refractivity contribution is 5.68. The van der Waals surface area contributed by atoms with E-state index in [1.54, 1.807) is 12.1 Å². The molecular formula is C17H27N3O3. The average Bonchev–Trinajstić information content (AvgIpc) is 3.24. The molecule has 1 amide bonds. The SMILES string of the molecule is Cc1ccc(O)c(CNCC(NC(=O)OC(C)(C)C)C2CC2)n1. The normalized spacial score (nSPS) is 16.0. The van der Waals surface area contributed by atoms with Gasteiger partial charge in [-0.25, -0.2) is 4.79 Å². The zero-order chi connectivity index (χ0) is 17.0. The van der Waals surface area contributed by atoms with Crippen molar-refractivity contribution >= 4 is 6.09 Å². The molecule has 0 saturated heterocycles. The lowest BCUT2D eigenvalue weighted by molar-refractivity contribution is 0.0497. The Labute approximate surface area is 137 Å². The van der Waals surface area contributed by atoms with Gasteiger partial charge < -0.3 is 20.5 Å². The van der Waals surface area contributed by atoms with E-state index in [-0.39, 0.29) is 17.9 Å². The number of nitrogens with one attached hydrogen (secondary N) is 2. The van der Waals surface area contributed by atoms with Gasteiger partial charge in [-0.2, -0.15) is 0 Å². The minimum atomic E-state index is -0.497. The molecular weight excluding hydrogens is 294 g/mol. The van der Waals surface area contributed by atoms with Gasteiger partial charge in [-0.3, -0.25) is 4.98 Å². The summed E-state index contributed by atoms with van der Waals surface area (Å²) in [7, 11) is 0. The lowest BCUT2D eigenvalue weighted by Crippen LogP contribution is -2.45. The minimum Gasteiger partial charge on any atom is -0.506 e. The van der Waals surface area contributed by atoms with Gasteiger partial charge in [0.1, 0.15) is 11.4 Å². The molecule has 0 aromatic carbocycles. The monoisotopic (exact) mass is 321 g/mol. The number of carbonyl (C=O) groups is 1. The van der Waals surface area contributed by atoms with E-state index in [1.807, 2.05) is 27.7 Å². The highest BCUT2D eigenvalue weighted by atomic mass is 16.6. The van der Waals surface area contributed by atoms with Crippen molar-refractivity contribution in [1.29, 1.82) is 0 Å². The van der Waals surface area contributed by atoms with E-state index in [2.05, 4.69) is 15.6 Å². The highest BCUT2D eigenvalue weighted by Crippen LogP contribution is 2.32. The van der Waals surface area contributed by atoms with Crippen LogP contribution in [0.4, 0.5) is 4.79 Å². The van der Waals surface area contributed by atoms with E-state index in [9.17, 15) is 9.90 Å². The molecule has 23 heavy (non-hydrogen) atoms. The molecule has 1 heterocycles. The van der Waals surface area contributed by atoms with Crippen LogP contribution in [-0.4, -0.2) is 34.4 Å². The number of ether oxygens (including phenoxy) is 1. The number of aromatic hydroxyl groups is 1. The molecule has 1 unspecified atom stereocenters. The third kappa shape index (κ3) is 6.06. The topological polar surface area (TPSA) is 83.5 Å². The van der Waals surface area contributed by atoms with Crippen LogP contribution in [0.25, 0.3) is 0 Å². The maximum absolute atomic E-state index is 11.9. The van der Waals surface area contributed by atoms with Crippen molar-refractivity contribution < 1.29 is 14.6 Å². The van der Waals surface area contributed by atoms with E-state index in [4.69, 9.17) is 4.74 Å². The predicted molar refractivity (Wildman–Crippen MR) is 88.2 cm³/mol. The van der Waals surface area contributed by atoms with Crippen molar-refractivity contribution in [3.63, 3.8) is 0 Å². The highest BCUT2D eigenvalue weighted by Gasteiger charge is 2.33. The molecule has 1 aromatic rings. The quantitative estimate of drug-likeness (QED) is 0.750. The first kappa shape index (κ1) is 17.5. The summed E-state index contributed by atoms with van der Waals surface area (Å²) < 4.78 is 5.32. The molecule has 3 N–H and O–H groups in total. The smallest absolute Gasteiger partial charge is 0.407 e. The largest absolute Gasteiger partial charge is 0.506 e. The Kier molecular flexibility index (Phi) is 5.46. The zero-order valence-electron chi connectivity index (χ0n) is 14.3. The molecule has 1 saturated carbocycles. The van der Waals surface area contributed by atoms with Gasteiger partial charge in [-0.05, 0) is 58.6 Å². The molecule has 1 aliphatic carbocycles. The number of amides is 1. The molecule has 0 radical (unpaired) electrons. The summed E-state index contributed by atoms with van der Waals surface area (Å²) in [5.74, 6) is 0.681. The standard InChI is InChI=1S/C17H27N3O3/c1-11-5-8-15(21)14(19-11)10-18-9-13(12-6-7-12)20-16(22)23-17(2,3)4/h5,8,12-13,18,21H,6-7,9-10H2,1-4H3,(H,20,22). The Bertz CT molecular complexity index is 551. The molecule has 1 aliphatic rings. The summed E-state index contributed by atoms with van der Waals surface area (Å²) in [4.78, 5) is 16.2. The maximum Gasteiger partial charge on any atom is 0.407 e. The van der Waals surface area contributed by atoms with Gasteiger partial charge in [-0.15, -0.1) is 0 Å². The number of nitrogens with zero attached hydrogens (tertiary/aromatic N) is 1. The molecule has 0 spiro atoms. The summed E-state index contributed by atoms with van der Waals surface area (Å²) in [6, 6.07) is 3.46. The van der Waals surface area contributed by atoms with E-state index in [1.165, 1.54) is 0 Å². The second kappa shape index (κ2) is 7.17. The first-order valence-electron chi connectivity index (χ1n) is 8.10. The molecule has 1 aromatic heterocycles. The van der Waals surface area contributed by atoms with Crippen molar-refractivity contribution in [2.45, 2.75) is 58.7 Å². The molecule has 0 bridgehead atoms. The molecule has 1 fully saturated rings. The van der Waals surface area contributed by atoms with Crippen molar-refractivity contribution in [2.75, 3.05) is 6.54 Å². The van der Waals surface area contributed by atoms with E-state index in [0.717, 1.165) is 18.5 Å².